The molecule has 0 saturated carbocycles. The molecule has 0 aliphatic carbocycles. The van der Waals surface area contributed by atoms with E-state index in [4.69, 9.17) is 0 Å². The lowest BCUT2D eigenvalue weighted by molar-refractivity contribution is 0.332. The second-order valence-electron chi connectivity index (χ2n) is 6.98. The number of hydrogen-bond donors (Lipinski definition) is 0. The van der Waals surface area contributed by atoms with Gasteiger partial charge in [-0.15, -0.1) is 0 Å². The minimum atomic E-state index is -0.960. The number of hydrogen-bond acceptors (Lipinski definition) is 0. The first-order valence-corrected chi connectivity index (χ1v) is 9.12. The van der Waals surface area contributed by atoms with E-state index in [9.17, 15) is 0 Å². The highest BCUT2D eigenvalue weighted by Crippen LogP contribution is 2.39. The van der Waals surface area contributed by atoms with Gasteiger partial charge in [-0.2, -0.15) is 0 Å². The molecule has 0 amide bonds. The third kappa shape index (κ3) is 5.51. The molecule has 0 spiro atoms. The van der Waals surface area contributed by atoms with Gasteiger partial charge in [0.1, 0.15) is 0 Å². The van der Waals surface area contributed by atoms with Crippen molar-refractivity contribution >= 4 is 8.07 Å². The van der Waals surface area contributed by atoms with Crippen molar-refractivity contribution in [3.05, 3.63) is 0 Å². The lowest BCUT2D eigenvalue weighted by Gasteiger charge is -2.37. The molecule has 0 aromatic carbocycles. The van der Waals surface area contributed by atoms with E-state index in [1.54, 1.807) is 0 Å². The van der Waals surface area contributed by atoms with Crippen molar-refractivity contribution in [2.75, 3.05) is 0 Å². The molecule has 1 heteroatoms. The monoisotopic (exact) mass is 200 g/mol. The van der Waals surface area contributed by atoms with Gasteiger partial charge in [-0.1, -0.05) is 54.3 Å². The van der Waals surface area contributed by atoms with Crippen molar-refractivity contribution in [2.24, 2.45) is 11.3 Å². The Bertz CT molecular complexity index is 145. The minimum Gasteiger partial charge on any atom is -0.0693 e. The molecule has 0 N–H and O–H groups in total. The summed E-state index contributed by atoms with van der Waals surface area (Å²) in [6, 6.07) is 0. The molecule has 0 aliphatic heterocycles. The standard InChI is InChI=1S/C12H28Si/c1-10(2)11(13(6,7)8)9-12(3,4)5/h10-11H,9H2,1-8H3. The van der Waals surface area contributed by atoms with Gasteiger partial charge < -0.3 is 0 Å². The van der Waals surface area contributed by atoms with Crippen molar-refractivity contribution in [2.45, 2.75) is 66.2 Å². The quantitative estimate of drug-likeness (QED) is 0.575. The summed E-state index contributed by atoms with van der Waals surface area (Å²) in [7, 11) is -0.960. The molecule has 0 heterocycles. The van der Waals surface area contributed by atoms with E-state index in [1.165, 1.54) is 6.42 Å². The van der Waals surface area contributed by atoms with Gasteiger partial charge in [0.15, 0.2) is 0 Å². The van der Waals surface area contributed by atoms with E-state index in [0.717, 1.165) is 11.5 Å². The Morgan fingerprint density at radius 2 is 1.38 bits per heavy atom. The second kappa shape index (κ2) is 4.16. The zero-order chi connectivity index (χ0) is 10.9. The summed E-state index contributed by atoms with van der Waals surface area (Å²) in [4.78, 5) is 0. The van der Waals surface area contributed by atoms with E-state index < -0.39 is 8.07 Å². The predicted octanol–water partition coefficient (Wildman–Crippen LogP) is 4.79. The molecule has 0 bridgehead atoms. The van der Waals surface area contributed by atoms with Crippen LogP contribution in [0.1, 0.15) is 41.0 Å². The summed E-state index contributed by atoms with van der Waals surface area (Å²) in [6.07, 6.45) is 1.39. The van der Waals surface area contributed by atoms with Crippen molar-refractivity contribution in [3.63, 3.8) is 0 Å². The Hall–Kier alpha value is 0.217. The summed E-state index contributed by atoms with van der Waals surface area (Å²) in [5.74, 6) is 0.853. The Kier molecular flexibility index (Phi) is 4.23. The molecular formula is C12H28Si. The molecule has 0 saturated heterocycles. The van der Waals surface area contributed by atoms with Crippen LogP contribution in [-0.2, 0) is 0 Å². The Balaban J connectivity index is 4.47. The first-order valence-electron chi connectivity index (χ1n) is 5.54. The van der Waals surface area contributed by atoms with E-state index >= 15 is 0 Å². The smallest absolute Gasteiger partial charge is 0.0476 e. The lowest BCUT2D eigenvalue weighted by Crippen LogP contribution is -2.34. The molecule has 0 radical (unpaired) electrons. The van der Waals surface area contributed by atoms with Crippen molar-refractivity contribution < 1.29 is 0 Å². The van der Waals surface area contributed by atoms with Gasteiger partial charge in [-0.05, 0) is 23.3 Å². The summed E-state index contributed by atoms with van der Waals surface area (Å²) in [6.45, 7) is 19.4. The fourth-order valence-electron chi connectivity index (χ4n) is 2.20. The van der Waals surface area contributed by atoms with Crippen LogP contribution in [0.5, 0.6) is 0 Å². The fraction of sp³-hybridized carbons (Fsp3) is 1.00. The van der Waals surface area contributed by atoms with Crippen LogP contribution in [-0.4, -0.2) is 8.07 Å². The summed E-state index contributed by atoms with van der Waals surface area (Å²) >= 11 is 0. The van der Waals surface area contributed by atoms with Gasteiger partial charge in [-0.25, -0.2) is 0 Å². The highest BCUT2D eigenvalue weighted by molar-refractivity contribution is 6.77. The van der Waals surface area contributed by atoms with Crippen LogP contribution in [0.4, 0.5) is 0 Å². The first kappa shape index (κ1) is 13.2. The number of rotatable bonds is 3. The molecule has 1 unspecified atom stereocenters. The van der Waals surface area contributed by atoms with E-state index in [-0.39, 0.29) is 0 Å². The minimum absolute atomic E-state index is 0.495. The van der Waals surface area contributed by atoms with E-state index in [1.807, 2.05) is 0 Å². The highest BCUT2D eigenvalue weighted by atomic mass is 28.3. The largest absolute Gasteiger partial charge is 0.0693 e. The summed E-state index contributed by atoms with van der Waals surface area (Å²) in [5, 5.41) is 0. The van der Waals surface area contributed by atoms with Gasteiger partial charge in [-0.3, -0.25) is 0 Å². The third-order valence-corrected chi connectivity index (χ3v) is 5.84. The van der Waals surface area contributed by atoms with Crippen LogP contribution in [0.2, 0.25) is 25.2 Å². The van der Waals surface area contributed by atoms with Crippen LogP contribution in [0.3, 0.4) is 0 Å². The molecule has 0 nitrogen and oxygen atoms in total. The molecule has 0 rings (SSSR count). The Morgan fingerprint density at radius 1 is 1.00 bits per heavy atom. The van der Waals surface area contributed by atoms with Crippen LogP contribution in [0.25, 0.3) is 0 Å². The van der Waals surface area contributed by atoms with E-state index in [0.29, 0.717) is 5.41 Å². The summed E-state index contributed by atoms with van der Waals surface area (Å²) in [5.41, 5.74) is 1.46. The SMILES string of the molecule is CC(C)C(CC(C)(C)C)[Si](C)(C)C. The van der Waals surface area contributed by atoms with Crippen molar-refractivity contribution in [1.29, 1.82) is 0 Å². The van der Waals surface area contributed by atoms with Crippen LogP contribution < -0.4 is 0 Å². The van der Waals surface area contributed by atoms with Gasteiger partial charge in [0.2, 0.25) is 0 Å². The second-order valence-corrected chi connectivity index (χ2v) is 12.5. The maximum absolute atomic E-state index is 2.50. The Morgan fingerprint density at radius 3 is 1.46 bits per heavy atom. The van der Waals surface area contributed by atoms with Gasteiger partial charge in [0, 0.05) is 8.07 Å². The first-order chi connectivity index (χ1) is 5.54. The third-order valence-electron chi connectivity index (χ3n) is 2.75. The molecule has 13 heavy (non-hydrogen) atoms. The lowest BCUT2D eigenvalue weighted by atomic mass is 9.87. The van der Waals surface area contributed by atoms with Gasteiger partial charge >= 0.3 is 0 Å². The highest BCUT2D eigenvalue weighted by Gasteiger charge is 2.32. The normalized spacial score (nSPS) is 16.4. The maximum atomic E-state index is 2.50. The predicted molar refractivity (Wildman–Crippen MR) is 66.0 cm³/mol. The molecule has 0 fully saturated rings. The molecular weight excluding hydrogens is 172 g/mol. The average Bonchev–Trinajstić information content (AvgIpc) is 1.77. The average molecular weight is 200 g/mol. The molecule has 0 aliphatic rings. The zero-order valence-corrected chi connectivity index (χ0v) is 11.9. The maximum Gasteiger partial charge on any atom is 0.0476 e. The van der Waals surface area contributed by atoms with Crippen LogP contribution >= 0.6 is 0 Å². The molecule has 0 aromatic heterocycles. The van der Waals surface area contributed by atoms with Crippen LogP contribution in [0, 0.1) is 11.3 Å². The molecule has 1 atom stereocenters. The fourth-order valence-corrected chi connectivity index (χ4v) is 5.43. The topological polar surface area (TPSA) is 0 Å². The molecule has 0 aromatic rings. The Labute approximate surface area is 86.1 Å². The molecule has 80 valence electrons. The van der Waals surface area contributed by atoms with Crippen molar-refractivity contribution in [3.8, 4) is 0 Å². The van der Waals surface area contributed by atoms with Gasteiger partial charge in [0.25, 0.3) is 0 Å². The zero-order valence-electron chi connectivity index (χ0n) is 10.9. The summed E-state index contributed by atoms with van der Waals surface area (Å²) < 4.78 is 0. The van der Waals surface area contributed by atoms with E-state index in [2.05, 4.69) is 54.3 Å². The van der Waals surface area contributed by atoms with Crippen LogP contribution in [0.15, 0.2) is 0 Å². The van der Waals surface area contributed by atoms with Gasteiger partial charge in [0.05, 0.1) is 0 Å². The van der Waals surface area contributed by atoms with Crippen molar-refractivity contribution in [1.82, 2.24) is 0 Å².